The molecule has 114 valence electrons. The number of non-ortho nitro benzene ring substituents is 1. The van der Waals surface area contributed by atoms with Crippen molar-refractivity contribution in [2.75, 3.05) is 13.1 Å². The molecule has 2 amide bonds. The Morgan fingerprint density at radius 1 is 1.14 bits per heavy atom. The van der Waals surface area contributed by atoms with Crippen LogP contribution >= 0.6 is 0 Å². The van der Waals surface area contributed by atoms with E-state index in [0.29, 0.717) is 25.9 Å². The molecule has 0 saturated heterocycles. The van der Waals surface area contributed by atoms with Gasteiger partial charge in [-0.1, -0.05) is 12.1 Å². The first-order valence-electron chi connectivity index (χ1n) is 6.46. The second-order valence-electron chi connectivity index (χ2n) is 4.35. The molecule has 0 aliphatic carbocycles. The topological polar surface area (TPSA) is 122 Å². The molecule has 0 heterocycles. The highest BCUT2D eigenvalue weighted by Gasteiger charge is 2.04. The van der Waals surface area contributed by atoms with Crippen LogP contribution in [-0.2, 0) is 11.2 Å². The van der Waals surface area contributed by atoms with E-state index < -0.39 is 10.9 Å². The third-order valence-corrected chi connectivity index (χ3v) is 2.70. The summed E-state index contributed by atoms with van der Waals surface area (Å²) in [5.41, 5.74) is 0.912. The zero-order valence-electron chi connectivity index (χ0n) is 11.4. The van der Waals surface area contributed by atoms with E-state index in [1.54, 1.807) is 12.1 Å². The number of nitrogens with zero attached hydrogens (tertiary/aromatic N) is 1. The van der Waals surface area contributed by atoms with Crippen molar-refractivity contribution >= 4 is 17.7 Å². The molecule has 0 bridgehead atoms. The number of carbonyl (C=O) groups is 2. The molecule has 21 heavy (non-hydrogen) atoms. The van der Waals surface area contributed by atoms with Crippen LogP contribution in [0.25, 0.3) is 0 Å². The summed E-state index contributed by atoms with van der Waals surface area (Å²) < 4.78 is 0. The van der Waals surface area contributed by atoms with Crippen LogP contribution < -0.4 is 10.6 Å². The Bertz CT molecular complexity index is 501. The predicted octanol–water partition coefficient (Wildman–Crippen LogP) is 1.30. The molecule has 0 fully saturated rings. The molecule has 0 aromatic heterocycles. The molecular formula is C13H17N3O5. The number of carboxylic acids is 1. The largest absolute Gasteiger partial charge is 0.481 e. The molecule has 0 spiro atoms. The van der Waals surface area contributed by atoms with Crippen LogP contribution in [0.2, 0.25) is 0 Å². The minimum Gasteiger partial charge on any atom is -0.481 e. The van der Waals surface area contributed by atoms with Crippen molar-refractivity contribution in [1.29, 1.82) is 0 Å². The minimum atomic E-state index is -0.893. The Balaban J connectivity index is 2.19. The summed E-state index contributed by atoms with van der Waals surface area (Å²) in [6.45, 7) is 0.693. The Labute approximate surface area is 121 Å². The summed E-state index contributed by atoms with van der Waals surface area (Å²) >= 11 is 0. The zero-order valence-corrected chi connectivity index (χ0v) is 11.4. The molecule has 1 aromatic carbocycles. The number of hydrogen-bond acceptors (Lipinski definition) is 4. The first kappa shape index (κ1) is 16.4. The zero-order chi connectivity index (χ0) is 15.7. The standard InChI is InChI=1S/C13H17N3O5/c17-12(18)2-1-8-14-13(19)15-9-7-10-3-5-11(6-4-10)16(20)21/h3-6H,1-2,7-9H2,(H,17,18)(H2,14,15,19). The summed E-state index contributed by atoms with van der Waals surface area (Å²) in [6, 6.07) is 5.76. The number of nitrogens with one attached hydrogen (secondary N) is 2. The van der Waals surface area contributed by atoms with Gasteiger partial charge in [-0.15, -0.1) is 0 Å². The maximum atomic E-state index is 11.4. The molecule has 0 aliphatic rings. The monoisotopic (exact) mass is 295 g/mol. The normalized spacial score (nSPS) is 9.90. The van der Waals surface area contributed by atoms with Gasteiger partial charge < -0.3 is 15.7 Å². The number of carbonyl (C=O) groups excluding carboxylic acids is 1. The molecule has 0 saturated carbocycles. The van der Waals surface area contributed by atoms with Crippen LogP contribution in [0, 0.1) is 10.1 Å². The van der Waals surface area contributed by atoms with E-state index in [2.05, 4.69) is 10.6 Å². The Morgan fingerprint density at radius 3 is 2.33 bits per heavy atom. The van der Waals surface area contributed by atoms with Gasteiger partial charge in [-0.05, 0) is 18.4 Å². The molecule has 0 unspecified atom stereocenters. The van der Waals surface area contributed by atoms with Crippen molar-refractivity contribution < 1.29 is 19.6 Å². The highest BCUT2D eigenvalue weighted by molar-refractivity contribution is 5.73. The third-order valence-electron chi connectivity index (χ3n) is 2.70. The molecule has 0 atom stereocenters. The van der Waals surface area contributed by atoms with Crippen molar-refractivity contribution in [2.24, 2.45) is 0 Å². The van der Waals surface area contributed by atoms with Crippen LogP contribution in [0.3, 0.4) is 0 Å². The van der Waals surface area contributed by atoms with Crippen molar-refractivity contribution in [3.8, 4) is 0 Å². The first-order chi connectivity index (χ1) is 9.99. The van der Waals surface area contributed by atoms with Gasteiger partial charge in [0.25, 0.3) is 5.69 Å². The second-order valence-corrected chi connectivity index (χ2v) is 4.35. The minimum absolute atomic E-state index is 0.0169. The van der Waals surface area contributed by atoms with E-state index in [-0.39, 0.29) is 18.1 Å². The Morgan fingerprint density at radius 2 is 1.76 bits per heavy atom. The van der Waals surface area contributed by atoms with Gasteiger partial charge in [0.2, 0.25) is 0 Å². The summed E-state index contributed by atoms with van der Waals surface area (Å²) in [7, 11) is 0. The number of rotatable bonds is 8. The molecule has 0 aliphatic heterocycles. The molecule has 8 nitrogen and oxygen atoms in total. The maximum Gasteiger partial charge on any atom is 0.314 e. The average molecular weight is 295 g/mol. The van der Waals surface area contributed by atoms with Crippen molar-refractivity contribution in [1.82, 2.24) is 10.6 Å². The van der Waals surface area contributed by atoms with E-state index in [0.717, 1.165) is 5.56 Å². The Hall–Kier alpha value is -2.64. The summed E-state index contributed by atoms with van der Waals surface area (Å²) in [5, 5.41) is 24.1. The van der Waals surface area contributed by atoms with Gasteiger partial charge in [0.05, 0.1) is 4.92 Å². The predicted molar refractivity (Wildman–Crippen MR) is 75.1 cm³/mol. The van der Waals surface area contributed by atoms with E-state index in [1.807, 2.05) is 0 Å². The lowest BCUT2D eigenvalue weighted by atomic mass is 10.1. The number of aliphatic carboxylic acids is 1. The first-order valence-corrected chi connectivity index (χ1v) is 6.46. The summed E-state index contributed by atoms with van der Waals surface area (Å²) in [4.78, 5) is 31.7. The fraction of sp³-hybridized carbons (Fsp3) is 0.385. The number of benzene rings is 1. The van der Waals surface area contributed by atoms with E-state index in [9.17, 15) is 19.7 Å². The number of amides is 2. The highest BCUT2D eigenvalue weighted by atomic mass is 16.6. The van der Waals surface area contributed by atoms with Gasteiger partial charge >= 0.3 is 12.0 Å². The van der Waals surface area contributed by atoms with Crippen LogP contribution in [-0.4, -0.2) is 35.1 Å². The van der Waals surface area contributed by atoms with Crippen LogP contribution in [0.1, 0.15) is 18.4 Å². The average Bonchev–Trinajstić information content (AvgIpc) is 2.44. The smallest absolute Gasteiger partial charge is 0.314 e. The third kappa shape index (κ3) is 6.90. The molecule has 1 aromatic rings. The quantitative estimate of drug-likeness (QED) is 0.379. The van der Waals surface area contributed by atoms with E-state index in [1.165, 1.54) is 12.1 Å². The lowest BCUT2D eigenvalue weighted by molar-refractivity contribution is -0.384. The van der Waals surface area contributed by atoms with Crippen LogP contribution in [0.4, 0.5) is 10.5 Å². The van der Waals surface area contributed by atoms with Crippen LogP contribution in [0.15, 0.2) is 24.3 Å². The van der Waals surface area contributed by atoms with E-state index in [4.69, 9.17) is 5.11 Å². The molecule has 1 rings (SSSR count). The van der Waals surface area contributed by atoms with Gasteiger partial charge in [-0.25, -0.2) is 4.79 Å². The highest BCUT2D eigenvalue weighted by Crippen LogP contribution is 2.11. The molecule has 0 radical (unpaired) electrons. The number of nitro groups is 1. The molecular weight excluding hydrogens is 278 g/mol. The summed E-state index contributed by atoms with van der Waals surface area (Å²) in [6.07, 6.45) is 0.953. The molecule has 3 N–H and O–H groups in total. The van der Waals surface area contributed by atoms with Gasteiger partial charge in [0.1, 0.15) is 0 Å². The lowest BCUT2D eigenvalue weighted by Gasteiger charge is -2.07. The second kappa shape index (κ2) is 8.51. The number of urea groups is 1. The van der Waals surface area contributed by atoms with Crippen LogP contribution in [0.5, 0.6) is 0 Å². The SMILES string of the molecule is O=C(O)CCCNC(=O)NCCc1ccc([N+](=O)[O-])cc1. The lowest BCUT2D eigenvalue weighted by Crippen LogP contribution is -2.37. The number of carboxylic acid groups (broad SMARTS) is 1. The van der Waals surface area contributed by atoms with Crippen molar-refractivity contribution in [3.05, 3.63) is 39.9 Å². The molecule has 8 heteroatoms. The van der Waals surface area contributed by atoms with Gasteiger partial charge in [-0.3, -0.25) is 14.9 Å². The van der Waals surface area contributed by atoms with Gasteiger partial charge in [0.15, 0.2) is 0 Å². The van der Waals surface area contributed by atoms with E-state index >= 15 is 0 Å². The Kier molecular flexibility index (Phi) is 6.66. The van der Waals surface area contributed by atoms with Crippen molar-refractivity contribution in [3.63, 3.8) is 0 Å². The van der Waals surface area contributed by atoms with Gasteiger partial charge in [-0.2, -0.15) is 0 Å². The summed E-state index contributed by atoms with van der Waals surface area (Å²) in [5.74, 6) is -0.893. The van der Waals surface area contributed by atoms with Gasteiger partial charge in [0, 0.05) is 31.6 Å². The fourth-order valence-electron chi connectivity index (χ4n) is 1.61. The maximum absolute atomic E-state index is 11.4. The number of hydrogen-bond donors (Lipinski definition) is 3. The number of nitro benzene ring substituents is 1. The van der Waals surface area contributed by atoms with Crippen molar-refractivity contribution in [2.45, 2.75) is 19.3 Å². The fourth-order valence-corrected chi connectivity index (χ4v) is 1.61.